The zero-order valence-corrected chi connectivity index (χ0v) is 14.7. The molecule has 2 bridgehead atoms. The maximum Gasteiger partial charge on any atom is 0.256 e. The van der Waals surface area contributed by atoms with Crippen LogP contribution in [0.2, 0.25) is 0 Å². The van der Waals surface area contributed by atoms with Gasteiger partial charge in [0, 0.05) is 30.6 Å². The number of anilines is 1. The van der Waals surface area contributed by atoms with E-state index in [-0.39, 0.29) is 11.8 Å². The number of rotatable bonds is 3. The molecule has 2 aliphatic heterocycles. The van der Waals surface area contributed by atoms with Crippen molar-refractivity contribution in [3.63, 3.8) is 0 Å². The molecule has 1 aromatic heterocycles. The average Bonchev–Trinajstić information content (AvgIpc) is 3.25. The van der Waals surface area contributed by atoms with E-state index in [1.54, 1.807) is 23.6 Å². The summed E-state index contributed by atoms with van der Waals surface area (Å²) < 4.78 is 0. The molecule has 2 aliphatic rings. The molecule has 2 fully saturated rings. The highest BCUT2D eigenvalue weighted by molar-refractivity contribution is 7.08. The van der Waals surface area contributed by atoms with Crippen molar-refractivity contribution in [2.24, 2.45) is 0 Å². The fourth-order valence-electron chi connectivity index (χ4n) is 3.66. The first kappa shape index (κ1) is 16.3. The lowest BCUT2D eigenvalue weighted by molar-refractivity contribution is 0.0749. The first-order valence-corrected chi connectivity index (χ1v) is 9.63. The molecular weight excluding hydrogens is 334 g/mol. The van der Waals surface area contributed by atoms with Gasteiger partial charge in [-0.3, -0.25) is 9.59 Å². The number of thiophene rings is 1. The summed E-state index contributed by atoms with van der Waals surface area (Å²) in [6.07, 6.45) is 3.33. The first-order chi connectivity index (χ1) is 12.2. The summed E-state index contributed by atoms with van der Waals surface area (Å²) in [6.45, 7) is 1.50. The molecule has 0 radical (unpaired) electrons. The molecule has 2 N–H and O–H groups in total. The summed E-state index contributed by atoms with van der Waals surface area (Å²) in [7, 11) is 0. The van der Waals surface area contributed by atoms with Crippen molar-refractivity contribution in [3.8, 4) is 0 Å². The van der Waals surface area contributed by atoms with E-state index in [2.05, 4.69) is 10.6 Å². The molecule has 25 heavy (non-hydrogen) atoms. The van der Waals surface area contributed by atoms with Gasteiger partial charge in [0.25, 0.3) is 11.8 Å². The molecule has 130 valence electrons. The second kappa shape index (κ2) is 6.98. The number of benzene rings is 1. The molecule has 2 amide bonds. The van der Waals surface area contributed by atoms with Crippen molar-refractivity contribution < 1.29 is 9.59 Å². The van der Waals surface area contributed by atoms with Crippen molar-refractivity contribution >= 4 is 28.8 Å². The minimum Gasteiger partial charge on any atom is -0.337 e. The van der Waals surface area contributed by atoms with E-state index in [4.69, 9.17) is 0 Å². The number of carbonyl (C=O) groups is 2. The predicted molar refractivity (Wildman–Crippen MR) is 99.2 cm³/mol. The van der Waals surface area contributed by atoms with Crippen LogP contribution in [0.1, 0.15) is 40.0 Å². The topological polar surface area (TPSA) is 61.4 Å². The molecule has 3 heterocycles. The minimum atomic E-state index is -0.182. The number of hydrogen-bond donors (Lipinski definition) is 2. The summed E-state index contributed by atoms with van der Waals surface area (Å²) in [5.41, 5.74) is 1.75. The summed E-state index contributed by atoms with van der Waals surface area (Å²) in [4.78, 5) is 27.3. The third kappa shape index (κ3) is 3.45. The van der Waals surface area contributed by atoms with Gasteiger partial charge in [-0.1, -0.05) is 12.1 Å². The normalized spacial score (nSPS) is 22.5. The van der Waals surface area contributed by atoms with E-state index in [0.717, 1.165) is 25.9 Å². The summed E-state index contributed by atoms with van der Waals surface area (Å²) in [6, 6.07) is 9.98. The van der Waals surface area contributed by atoms with Gasteiger partial charge >= 0.3 is 0 Å². The Labute approximate surface area is 151 Å². The van der Waals surface area contributed by atoms with E-state index in [0.29, 0.717) is 28.9 Å². The van der Waals surface area contributed by atoms with Crippen LogP contribution < -0.4 is 10.6 Å². The summed E-state index contributed by atoms with van der Waals surface area (Å²) in [5.74, 6) is -0.186. The van der Waals surface area contributed by atoms with Crippen LogP contribution in [-0.4, -0.2) is 41.9 Å². The molecule has 2 saturated heterocycles. The summed E-state index contributed by atoms with van der Waals surface area (Å²) in [5, 5.41) is 10.1. The maximum absolute atomic E-state index is 13.1. The number of nitrogens with one attached hydrogen (secondary N) is 2. The van der Waals surface area contributed by atoms with Crippen LogP contribution in [0.15, 0.2) is 41.1 Å². The molecule has 2 aromatic rings. The Bertz CT molecular complexity index is 775. The molecular formula is C19H21N3O2S. The zero-order valence-electron chi connectivity index (χ0n) is 13.9. The highest BCUT2D eigenvalue weighted by Gasteiger charge is 2.32. The molecule has 0 spiro atoms. The molecule has 0 aliphatic carbocycles. The lowest BCUT2D eigenvalue weighted by atomic mass is 10.1. The van der Waals surface area contributed by atoms with Crippen LogP contribution in [0.25, 0.3) is 0 Å². The Morgan fingerprint density at radius 2 is 1.96 bits per heavy atom. The smallest absolute Gasteiger partial charge is 0.256 e. The molecule has 0 saturated carbocycles. The van der Waals surface area contributed by atoms with Crippen LogP contribution in [0.5, 0.6) is 0 Å². The van der Waals surface area contributed by atoms with Gasteiger partial charge in [-0.05, 0) is 42.8 Å². The van der Waals surface area contributed by atoms with Crippen LogP contribution in [-0.2, 0) is 0 Å². The molecule has 5 nitrogen and oxygen atoms in total. The van der Waals surface area contributed by atoms with Crippen LogP contribution >= 0.6 is 11.3 Å². The number of likely N-dealkylation sites (tertiary alicyclic amines) is 1. The fourth-order valence-corrected chi connectivity index (χ4v) is 4.30. The van der Waals surface area contributed by atoms with Gasteiger partial charge in [-0.25, -0.2) is 0 Å². The van der Waals surface area contributed by atoms with Crippen LogP contribution in [0.3, 0.4) is 0 Å². The van der Waals surface area contributed by atoms with E-state index in [1.165, 1.54) is 17.8 Å². The second-order valence-corrected chi connectivity index (χ2v) is 7.47. The number of amides is 2. The van der Waals surface area contributed by atoms with Crippen molar-refractivity contribution in [2.75, 3.05) is 18.4 Å². The number of nitrogens with zero attached hydrogens (tertiary/aromatic N) is 1. The Balaban J connectivity index is 1.53. The quantitative estimate of drug-likeness (QED) is 0.890. The van der Waals surface area contributed by atoms with E-state index in [9.17, 15) is 9.59 Å². The fraction of sp³-hybridized carbons (Fsp3) is 0.368. The van der Waals surface area contributed by atoms with Gasteiger partial charge in [0.1, 0.15) is 0 Å². The van der Waals surface area contributed by atoms with Crippen molar-refractivity contribution in [3.05, 3.63) is 52.2 Å². The third-order valence-electron chi connectivity index (χ3n) is 5.00. The van der Waals surface area contributed by atoms with E-state index < -0.39 is 0 Å². The lowest BCUT2D eigenvalue weighted by Gasteiger charge is -2.25. The molecule has 4 rings (SSSR count). The van der Waals surface area contributed by atoms with Crippen molar-refractivity contribution in [1.29, 1.82) is 0 Å². The van der Waals surface area contributed by atoms with Gasteiger partial charge in [-0.15, -0.1) is 0 Å². The number of para-hydroxylation sites is 1. The third-order valence-corrected chi connectivity index (χ3v) is 5.68. The highest BCUT2D eigenvalue weighted by Crippen LogP contribution is 2.24. The Morgan fingerprint density at radius 3 is 2.80 bits per heavy atom. The number of hydrogen-bond acceptors (Lipinski definition) is 4. The second-order valence-electron chi connectivity index (χ2n) is 6.69. The lowest BCUT2D eigenvalue weighted by Crippen LogP contribution is -2.39. The predicted octanol–water partition coefficient (Wildman–Crippen LogP) is 2.97. The van der Waals surface area contributed by atoms with Gasteiger partial charge in [0.15, 0.2) is 0 Å². The largest absolute Gasteiger partial charge is 0.337 e. The summed E-state index contributed by atoms with van der Waals surface area (Å²) >= 11 is 1.48. The monoisotopic (exact) mass is 355 g/mol. The molecule has 1 aromatic carbocycles. The highest BCUT2D eigenvalue weighted by atomic mass is 32.1. The van der Waals surface area contributed by atoms with E-state index in [1.807, 2.05) is 22.4 Å². The Hall–Kier alpha value is -2.18. The first-order valence-electron chi connectivity index (χ1n) is 8.68. The Kier molecular flexibility index (Phi) is 4.55. The number of fused-ring (bicyclic) bond motifs is 2. The minimum absolute atomic E-state index is 0.00410. The van der Waals surface area contributed by atoms with Gasteiger partial charge in [0.05, 0.1) is 16.8 Å². The van der Waals surface area contributed by atoms with Gasteiger partial charge < -0.3 is 15.5 Å². The van der Waals surface area contributed by atoms with Crippen molar-refractivity contribution in [1.82, 2.24) is 10.2 Å². The van der Waals surface area contributed by atoms with Crippen LogP contribution in [0.4, 0.5) is 5.69 Å². The maximum atomic E-state index is 13.1. The van der Waals surface area contributed by atoms with Crippen molar-refractivity contribution in [2.45, 2.75) is 31.3 Å². The Morgan fingerprint density at radius 1 is 1.12 bits per heavy atom. The van der Waals surface area contributed by atoms with Gasteiger partial charge in [-0.2, -0.15) is 11.3 Å². The van der Waals surface area contributed by atoms with Crippen LogP contribution in [0, 0.1) is 0 Å². The SMILES string of the molecule is O=C(Nc1ccccc1C(=O)N1CCC2CCC(C1)N2)c1ccsc1. The van der Waals surface area contributed by atoms with E-state index >= 15 is 0 Å². The van der Waals surface area contributed by atoms with Gasteiger partial charge in [0.2, 0.25) is 0 Å². The molecule has 2 unspecified atom stereocenters. The molecule has 2 atom stereocenters. The number of carbonyl (C=O) groups excluding carboxylic acids is 2. The average molecular weight is 355 g/mol. The zero-order chi connectivity index (χ0) is 17.2. The standard InChI is InChI=1S/C19H21N3O2S/c23-18(13-8-10-25-12-13)21-17-4-2-1-3-16(17)19(24)22-9-7-14-5-6-15(11-22)20-14/h1-4,8,10,12,14-15,20H,5-7,9,11H2,(H,21,23). The molecule has 6 heteroatoms.